The van der Waals surface area contributed by atoms with Gasteiger partial charge in [0.1, 0.15) is 34.5 Å². The normalized spacial score (nSPS) is 12.7. The van der Waals surface area contributed by atoms with Crippen LogP contribution in [0.1, 0.15) is 30.8 Å². The van der Waals surface area contributed by atoms with E-state index in [0.29, 0.717) is 22.5 Å². The summed E-state index contributed by atoms with van der Waals surface area (Å²) in [6.45, 7) is 1.74. The summed E-state index contributed by atoms with van der Waals surface area (Å²) in [5, 5.41) is 12.4. The molecule has 0 fully saturated rings. The molecule has 31 heavy (non-hydrogen) atoms. The lowest BCUT2D eigenvalue weighted by atomic mass is 10.1. The Hall–Kier alpha value is -3.95. The Kier molecular flexibility index (Phi) is 4.54. The summed E-state index contributed by atoms with van der Waals surface area (Å²) < 4.78 is 34.5. The number of benzene rings is 1. The predicted octanol–water partition coefficient (Wildman–Crippen LogP) is 4.38. The Morgan fingerprint density at radius 2 is 1.97 bits per heavy atom. The highest BCUT2D eigenvalue weighted by Gasteiger charge is 2.20. The molecule has 1 aromatic carbocycles. The summed E-state index contributed by atoms with van der Waals surface area (Å²) in [4.78, 5) is 12.5. The number of aromatic amines is 1. The van der Waals surface area contributed by atoms with E-state index in [2.05, 4.69) is 30.2 Å². The number of fused-ring (bicyclic) bond motifs is 2. The third-order valence-electron chi connectivity index (χ3n) is 4.94. The summed E-state index contributed by atoms with van der Waals surface area (Å²) in [5.41, 5.74) is 3.18. The fourth-order valence-electron chi connectivity index (χ4n) is 3.50. The molecule has 5 rings (SSSR count). The van der Waals surface area contributed by atoms with Crippen LogP contribution < -0.4 is 4.74 Å². The topological polar surface area (TPSA) is 94.4 Å². The lowest BCUT2D eigenvalue weighted by Gasteiger charge is -2.16. The Balaban J connectivity index is 1.53. The number of nitrogens with one attached hydrogen (secondary N) is 1. The lowest BCUT2D eigenvalue weighted by Crippen LogP contribution is -2.09. The first-order chi connectivity index (χ1) is 15.0. The van der Waals surface area contributed by atoms with E-state index in [1.165, 1.54) is 18.5 Å². The van der Waals surface area contributed by atoms with E-state index in [-0.39, 0.29) is 5.69 Å². The standard InChI is InChI=1S/C21H17F2N7O/c1-11(18-20-16(24-5-6-25-20)8-17(27-18)21(22)23)31-13-3-4-15-14(7-13)19(29-28-15)12-9-26-30(2)10-12/h3-11,21H,1-2H3,(H,28,29)/t11-/m1/s1. The zero-order chi connectivity index (χ0) is 21.5. The van der Waals surface area contributed by atoms with Crippen LogP contribution in [-0.4, -0.2) is 34.9 Å². The molecule has 0 unspecified atom stereocenters. The summed E-state index contributed by atoms with van der Waals surface area (Å²) in [6.07, 6.45) is 3.21. The van der Waals surface area contributed by atoms with Crippen LogP contribution in [0, 0.1) is 0 Å². The summed E-state index contributed by atoms with van der Waals surface area (Å²) >= 11 is 0. The molecule has 0 amide bonds. The average Bonchev–Trinajstić information content (AvgIpc) is 3.38. The molecule has 0 radical (unpaired) electrons. The SMILES string of the molecule is C[C@@H](Oc1ccc2[nH]nc(-c3cnn(C)c3)c2c1)c1nc(C(F)F)cc2nccnc12. The lowest BCUT2D eigenvalue weighted by molar-refractivity contribution is 0.144. The number of hydrogen-bond donors (Lipinski definition) is 1. The molecule has 5 aromatic rings. The molecule has 0 saturated heterocycles. The first-order valence-corrected chi connectivity index (χ1v) is 9.53. The van der Waals surface area contributed by atoms with Gasteiger partial charge in [-0.15, -0.1) is 0 Å². The van der Waals surface area contributed by atoms with Gasteiger partial charge in [0.05, 0.1) is 17.2 Å². The molecule has 1 N–H and O–H groups in total. The van der Waals surface area contributed by atoms with Gasteiger partial charge in [-0.2, -0.15) is 10.2 Å². The maximum Gasteiger partial charge on any atom is 0.280 e. The van der Waals surface area contributed by atoms with Gasteiger partial charge in [-0.1, -0.05) is 0 Å². The number of pyridine rings is 1. The minimum absolute atomic E-state index is 0.306. The number of rotatable bonds is 5. The van der Waals surface area contributed by atoms with Crippen LogP contribution in [0.3, 0.4) is 0 Å². The van der Waals surface area contributed by atoms with Crippen molar-refractivity contribution in [2.24, 2.45) is 7.05 Å². The van der Waals surface area contributed by atoms with Gasteiger partial charge in [0, 0.05) is 36.6 Å². The van der Waals surface area contributed by atoms with E-state index < -0.39 is 12.5 Å². The maximum absolute atomic E-state index is 13.3. The van der Waals surface area contributed by atoms with E-state index in [4.69, 9.17) is 4.74 Å². The average molecular weight is 421 g/mol. The quantitative estimate of drug-likeness (QED) is 0.453. The second-order valence-electron chi connectivity index (χ2n) is 7.10. The van der Waals surface area contributed by atoms with Gasteiger partial charge in [-0.05, 0) is 31.2 Å². The van der Waals surface area contributed by atoms with Crippen molar-refractivity contribution in [1.29, 1.82) is 0 Å². The molecule has 0 aliphatic carbocycles. The summed E-state index contributed by atoms with van der Waals surface area (Å²) in [6, 6.07) is 6.74. The summed E-state index contributed by atoms with van der Waals surface area (Å²) in [5.74, 6) is 0.549. The molecule has 8 nitrogen and oxygen atoms in total. The highest BCUT2D eigenvalue weighted by Crippen LogP contribution is 2.32. The zero-order valence-corrected chi connectivity index (χ0v) is 16.6. The van der Waals surface area contributed by atoms with Crippen molar-refractivity contribution in [2.75, 3.05) is 0 Å². The van der Waals surface area contributed by atoms with Crippen molar-refractivity contribution < 1.29 is 13.5 Å². The molecule has 156 valence electrons. The van der Waals surface area contributed by atoms with Crippen LogP contribution in [0.5, 0.6) is 5.75 Å². The number of H-pyrrole nitrogens is 1. The van der Waals surface area contributed by atoms with Gasteiger partial charge in [0.15, 0.2) is 0 Å². The molecular weight excluding hydrogens is 404 g/mol. The minimum atomic E-state index is -2.72. The Labute approximate surface area is 174 Å². The molecule has 0 saturated carbocycles. The van der Waals surface area contributed by atoms with Gasteiger partial charge in [-0.3, -0.25) is 19.7 Å². The van der Waals surface area contributed by atoms with E-state index in [1.54, 1.807) is 23.9 Å². The molecule has 1 atom stereocenters. The van der Waals surface area contributed by atoms with E-state index in [1.807, 2.05) is 25.4 Å². The van der Waals surface area contributed by atoms with E-state index >= 15 is 0 Å². The molecular formula is C21H17F2N7O. The third-order valence-corrected chi connectivity index (χ3v) is 4.94. The predicted molar refractivity (Wildman–Crippen MR) is 110 cm³/mol. The second kappa shape index (κ2) is 7.38. The number of nitrogens with zero attached hydrogens (tertiary/aromatic N) is 6. The molecule has 4 aromatic heterocycles. The monoisotopic (exact) mass is 421 g/mol. The van der Waals surface area contributed by atoms with Gasteiger partial charge in [0.2, 0.25) is 0 Å². The number of hydrogen-bond acceptors (Lipinski definition) is 6. The van der Waals surface area contributed by atoms with Crippen LogP contribution in [0.25, 0.3) is 33.2 Å². The number of aromatic nitrogens is 7. The largest absolute Gasteiger partial charge is 0.484 e. The van der Waals surface area contributed by atoms with Crippen molar-refractivity contribution >= 4 is 21.9 Å². The van der Waals surface area contributed by atoms with Crippen LogP contribution in [-0.2, 0) is 7.05 Å². The highest BCUT2D eigenvalue weighted by atomic mass is 19.3. The van der Waals surface area contributed by atoms with E-state index in [0.717, 1.165) is 22.2 Å². The number of ether oxygens (including phenoxy) is 1. The second-order valence-corrected chi connectivity index (χ2v) is 7.10. The molecule has 0 aliphatic heterocycles. The van der Waals surface area contributed by atoms with Crippen molar-refractivity contribution in [3.05, 3.63) is 60.4 Å². The number of alkyl halides is 2. The molecule has 10 heteroatoms. The van der Waals surface area contributed by atoms with Crippen LogP contribution >= 0.6 is 0 Å². The fraction of sp³-hybridized carbons (Fsp3) is 0.190. The minimum Gasteiger partial charge on any atom is -0.484 e. The first-order valence-electron chi connectivity index (χ1n) is 9.53. The Morgan fingerprint density at radius 3 is 2.74 bits per heavy atom. The van der Waals surface area contributed by atoms with Gasteiger partial charge < -0.3 is 4.74 Å². The van der Waals surface area contributed by atoms with Crippen molar-refractivity contribution in [1.82, 2.24) is 34.9 Å². The Bertz CT molecular complexity index is 1400. The van der Waals surface area contributed by atoms with Gasteiger partial charge in [0.25, 0.3) is 6.43 Å². The van der Waals surface area contributed by atoms with Crippen molar-refractivity contribution in [2.45, 2.75) is 19.5 Å². The maximum atomic E-state index is 13.3. The van der Waals surface area contributed by atoms with Gasteiger partial charge in [-0.25, -0.2) is 13.8 Å². The number of halogens is 2. The molecule has 0 aliphatic rings. The van der Waals surface area contributed by atoms with Crippen LogP contribution in [0.4, 0.5) is 8.78 Å². The van der Waals surface area contributed by atoms with E-state index in [9.17, 15) is 8.78 Å². The summed E-state index contributed by atoms with van der Waals surface area (Å²) in [7, 11) is 1.84. The molecule has 0 spiro atoms. The zero-order valence-electron chi connectivity index (χ0n) is 16.6. The van der Waals surface area contributed by atoms with Crippen LogP contribution in [0.2, 0.25) is 0 Å². The van der Waals surface area contributed by atoms with Crippen molar-refractivity contribution in [3.63, 3.8) is 0 Å². The first kappa shape index (κ1) is 19.0. The smallest absolute Gasteiger partial charge is 0.280 e. The van der Waals surface area contributed by atoms with Gasteiger partial charge >= 0.3 is 0 Å². The van der Waals surface area contributed by atoms with Crippen LogP contribution in [0.15, 0.2) is 49.1 Å². The molecule has 4 heterocycles. The van der Waals surface area contributed by atoms with Crippen molar-refractivity contribution in [3.8, 4) is 17.0 Å². The molecule has 0 bridgehead atoms. The number of aryl methyl sites for hydroxylation is 1. The fourth-order valence-corrected chi connectivity index (χ4v) is 3.50. The third kappa shape index (κ3) is 3.45. The highest BCUT2D eigenvalue weighted by molar-refractivity contribution is 5.93. The Morgan fingerprint density at radius 1 is 1.13 bits per heavy atom.